The summed E-state index contributed by atoms with van der Waals surface area (Å²) in [6.07, 6.45) is 0.733. The lowest BCUT2D eigenvalue weighted by atomic mass is 10.2. The molecule has 0 atom stereocenters. The quantitative estimate of drug-likeness (QED) is 0.278. The third-order valence-corrected chi connectivity index (χ3v) is 6.06. The number of aliphatic hydroxyl groups excluding tert-OH is 2. The van der Waals surface area contributed by atoms with Crippen LogP contribution in [0, 0.1) is 0 Å². The molecule has 2 N–H and O–H groups in total. The van der Waals surface area contributed by atoms with Gasteiger partial charge in [-0.25, -0.2) is 0 Å². The fourth-order valence-electron chi connectivity index (χ4n) is 1.99. The Morgan fingerprint density at radius 2 is 1.45 bits per heavy atom. The summed E-state index contributed by atoms with van der Waals surface area (Å²) in [5.74, 6) is -0.426. The van der Waals surface area contributed by atoms with Crippen molar-refractivity contribution >= 4 is 14.8 Å². The molecule has 132 valence electrons. The van der Waals surface area contributed by atoms with Gasteiger partial charge in [-0.3, -0.25) is 4.79 Å². The minimum absolute atomic E-state index is 0.228. The molecule has 8 heteroatoms. The molecule has 0 aromatic rings. The van der Waals surface area contributed by atoms with Gasteiger partial charge in [0.2, 0.25) is 0 Å². The number of esters is 1. The average molecular weight is 338 g/mol. The van der Waals surface area contributed by atoms with Gasteiger partial charge in [0.1, 0.15) is 6.10 Å². The van der Waals surface area contributed by atoms with Crippen LogP contribution in [-0.2, 0) is 22.8 Å². The van der Waals surface area contributed by atoms with Crippen LogP contribution >= 0.6 is 0 Å². The van der Waals surface area contributed by atoms with Crippen molar-refractivity contribution in [2.45, 2.75) is 52.2 Å². The molecule has 0 bridgehead atoms. The number of rotatable bonds is 14. The van der Waals surface area contributed by atoms with Crippen LogP contribution in [0.25, 0.3) is 0 Å². The number of aliphatic hydroxyl groups is 2. The lowest BCUT2D eigenvalue weighted by Crippen LogP contribution is -2.45. The van der Waals surface area contributed by atoms with Crippen molar-refractivity contribution in [1.82, 2.24) is 0 Å². The predicted molar refractivity (Wildman–Crippen MR) is 83.3 cm³/mol. The van der Waals surface area contributed by atoms with Crippen molar-refractivity contribution in [3.8, 4) is 0 Å². The van der Waals surface area contributed by atoms with Gasteiger partial charge in [0.05, 0.1) is 13.2 Å². The fourth-order valence-corrected chi connectivity index (χ4v) is 4.67. The predicted octanol–water partition coefficient (Wildman–Crippen LogP) is 1.10. The fraction of sp³-hybridized carbons (Fsp3) is 0.929. The van der Waals surface area contributed by atoms with Gasteiger partial charge >= 0.3 is 14.8 Å². The zero-order valence-corrected chi connectivity index (χ0v) is 14.9. The Labute approximate surface area is 133 Å². The second-order valence-electron chi connectivity index (χ2n) is 4.67. The summed E-state index contributed by atoms with van der Waals surface area (Å²) in [7, 11) is -2.65. The lowest BCUT2D eigenvalue weighted by Gasteiger charge is -2.28. The van der Waals surface area contributed by atoms with E-state index >= 15 is 0 Å². The molecule has 7 nitrogen and oxygen atoms in total. The van der Waals surface area contributed by atoms with Crippen molar-refractivity contribution < 1.29 is 33.0 Å². The molecule has 0 unspecified atom stereocenters. The Bertz CT molecular complexity index is 267. The number of carbonyl (C=O) groups excluding carboxylic acids is 1. The van der Waals surface area contributed by atoms with Crippen molar-refractivity contribution in [3.63, 3.8) is 0 Å². The van der Waals surface area contributed by atoms with Crippen LogP contribution in [0.2, 0.25) is 6.04 Å². The molecule has 0 fully saturated rings. The first-order valence-electron chi connectivity index (χ1n) is 7.90. The summed E-state index contributed by atoms with van der Waals surface area (Å²) in [6.45, 7) is 6.55. The minimum Gasteiger partial charge on any atom is -0.457 e. The number of unbranched alkanes of at least 4 members (excludes halogenated alkanes) is 1. The maximum atomic E-state index is 11.5. The maximum Gasteiger partial charge on any atom is 0.500 e. The van der Waals surface area contributed by atoms with Gasteiger partial charge in [-0.15, -0.1) is 0 Å². The van der Waals surface area contributed by atoms with Crippen LogP contribution in [0.3, 0.4) is 0 Å². The first-order valence-corrected chi connectivity index (χ1v) is 9.83. The van der Waals surface area contributed by atoms with Gasteiger partial charge in [0, 0.05) is 32.3 Å². The lowest BCUT2D eigenvalue weighted by molar-refractivity contribution is -0.153. The number of carbonyl (C=O) groups is 1. The molecule has 0 radical (unpaired) electrons. The third kappa shape index (κ3) is 8.81. The van der Waals surface area contributed by atoms with Crippen LogP contribution < -0.4 is 0 Å². The number of hydrogen-bond donors (Lipinski definition) is 2. The van der Waals surface area contributed by atoms with E-state index in [1.807, 2.05) is 20.8 Å². The number of ether oxygens (including phenoxy) is 1. The monoisotopic (exact) mass is 338 g/mol. The Balaban J connectivity index is 4.18. The topological polar surface area (TPSA) is 94.5 Å². The highest BCUT2D eigenvalue weighted by molar-refractivity contribution is 6.60. The second kappa shape index (κ2) is 13.0. The highest BCUT2D eigenvalue weighted by atomic mass is 28.4. The highest BCUT2D eigenvalue weighted by Crippen LogP contribution is 2.20. The molecule has 0 spiro atoms. The first kappa shape index (κ1) is 21.5. The molecule has 0 heterocycles. The zero-order valence-electron chi connectivity index (χ0n) is 13.9. The van der Waals surface area contributed by atoms with Crippen molar-refractivity contribution in [1.29, 1.82) is 0 Å². The van der Waals surface area contributed by atoms with Crippen molar-refractivity contribution in [2.24, 2.45) is 0 Å². The highest BCUT2D eigenvalue weighted by Gasteiger charge is 2.39. The largest absolute Gasteiger partial charge is 0.500 e. The van der Waals surface area contributed by atoms with E-state index in [1.165, 1.54) is 0 Å². The van der Waals surface area contributed by atoms with E-state index in [1.54, 1.807) is 0 Å². The van der Waals surface area contributed by atoms with E-state index in [4.69, 9.17) is 28.2 Å². The van der Waals surface area contributed by atoms with E-state index in [-0.39, 0.29) is 19.6 Å². The normalized spacial score (nSPS) is 11.9. The Morgan fingerprint density at radius 1 is 0.955 bits per heavy atom. The molecule has 0 aromatic carbocycles. The van der Waals surface area contributed by atoms with Gasteiger partial charge in [-0.05, 0) is 33.6 Å². The molecule has 0 aliphatic heterocycles. The van der Waals surface area contributed by atoms with Crippen LogP contribution in [0.1, 0.15) is 40.0 Å². The molecular weight excluding hydrogens is 308 g/mol. The van der Waals surface area contributed by atoms with Crippen LogP contribution in [0.5, 0.6) is 0 Å². The Kier molecular flexibility index (Phi) is 12.7. The van der Waals surface area contributed by atoms with Gasteiger partial charge in [0.25, 0.3) is 0 Å². The zero-order chi connectivity index (χ0) is 16.8. The summed E-state index contributed by atoms with van der Waals surface area (Å²) in [4.78, 5) is 11.5. The summed E-state index contributed by atoms with van der Waals surface area (Å²) < 4.78 is 22.1. The van der Waals surface area contributed by atoms with Crippen LogP contribution in [-0.4, -0.2) is 64.1 Å². The average Bonchev–Trinajstić information content (AvgIpc) is 2.50. The number of hydrogen-bond acceptors (Lipinski definition) is 7. The molecule has 0 aliphatic rings. The van der Waals surface area contributed by atoms with E-state index in [2.05, 4.69) is 0 Å². The summed E-state index contributed by atoms with van der Waals surface area (Å²) in [5, 5.41) is 17.7. The molecule has 0 saturated heterocycles. The van der Waals surface area contributed by atoms with Crippen LogP contribution in [0.15, 0.2) is 0 Å². The van der Waals surface area contributed by atoms with Crippen LogP contribution in [0.4, 0.5) is 0 Å². The van der Waals surface area contributed by atoms with E-state index in [0.29, 0.717) is 32.3 Å². The van der Waals surface area contributed by atoms with Gasteiger partial charge in [0.15, 0.2) is 0 Å². The molecule has 0 saturated carbocycles. The molecule has 0 amide bonds. The SMILES string of the molecule is CCO[Si](CCCCC(=O)OC(CO)CO)(OCC)OCC. The van der Waals surface area contributed by atoms with Gasteiger partial charge in [-0.1, -0.05) is 0 Å². The Morgan fingerprint density at radius 3 is 1.86 bits per heavy atom. The summed E-state index contributed by atoms with van der Waals surface area (Å²) in [5.41, 5.74) is 0. The first-order chi connectivity index (χ1) is 10.6. The van der Waals surface area contributed by atoms with Gasteiger partial charge < -0.3 is 28.2 Å². The van der Waals surface area contributed by atoms with E-state index in [9.17, 15) is 4.79 Å². The molecule has 0 rings (SSSR count). The molecule has 0 aliphatic carbocycles. The summed E-state index contributed by atoms with van der Waals surface area (Å²) >= 11 is 0. The summed E-state index contributed by atoms with van der Waals surface area (Å²) in [6, 6.07) is 0.652. The second-order valence-corrected chi connectivity index (χ2v) is 7.40. The standard InChI is InChI=1S/C14H30O7Si/c1-4-18-22(19-5-2,20-6-3)10-8-7-9-14(17)21-13(11-15)12-16/h13,15-16H,4-12H2,1-3H3. The molecule has 22 heavy (non-hydrogen) atoms. The van der Waals surface area contributed by atoms with Crippen molar-refractivity contribution in [3.05, 3.63) is 0 Å². The maximum absolute atomic E-state index is 11.5. The molecular formula is C14H30O7Si. The minimum atomic E-state index is -2.65. The Hall–Kier alpha value is -0.513. The van der Waals surface area contributed by atoms with Gasteiger partial charge in [-0.2, -0.15) is 0 Å². The van der Waals surface area contributed by atoms with E-state index in [0.717, 1.165) is 6.42 Å². The smallest absolute Gasteiger partial charge is 0.457 e. The van der Waals surface area contributed by atoms with E-state index < -0.39 is 20.9 Å². The molecule has 0 aromatic heterocycles. The third-order valence-electron chi connectivity index (χ3n) is 2.91. The van der Waals surface area contributed by atoms with Crippen molar-refractivity contribution in [2.75, 3.05) is 33.0 Å².